The van der Waals surface area contributed by atoms with Crippen molar-refractivity contribution in [3.63, 3.8) is 0 Å². The van der Waals surface area contributed by atoms with Gasteiger partial charge in [0.05, 0.1) is 0 Å². The van der Waals surface area contributed by atoms with E-state index in [4.69, 9.17) is 4.52 Å². The van der Waals surface area contributed by atoms with Gasteiger partial charge < -0.3 is 14.7 Å². The first-order valence-electron chi connectivity index (χ1n) is 4.60. The molecule has 2 heterocycles. The lowest BCUT2D eigenvalue weighted by Gasteiger charge is -2.12. The van der Waals surface area contributed by atoms with Crippen molar-refractivity contribution in [2.45, 2.75) is 13.0 Å². The third-order valence-electron chi connectivity index (χ3n) is 2.31. The summed E-state index contributed by atoms with van der Waals surface area (Å²) in [5, 5.41) is 7.00. The Morgan fingerprint density at radius 1 is 1.57 bits per heavy atom. The number of carbonyl (C=O) groups excluding carboxylic acids is 1. The first kappa shape index (κ1) is 9.21. The van der Waals surface area contributed by atoms with Crippen molar-refractivity contribution < 1.29 is 9.32 Å². The summed E-state index contributed by atoms with van der Waals surface area (Å²) in [5.41, 5.74) is 1.35. The number of hydrogen-bond acceptors (Lipinski definition) is 4. The fraction of sp³-hybridized carbons (Fsp3) is 0.556. The van der Waals surface area contributed by atoms with Crippen LogP contribution in [-0.4, -0.2) is 36.6 Å². The topological polar surface area (TPSA) is 58.4 Å². The van der Waals surface area contributed by atoms with E-state index in [-0.39, 0.29) is 5.91 Å². The Kier molecular flexibility index (Phi) is 2.25. The summed E-state index contributed by atoms with van der Waals surface area (Å²) in [7, 11) is 3.42. The van der Waals surface area contributed by atoms with Gasteiger partial charge in [0.2, 0.25) is 0 Å². The first-order valence-corrected chi connectivity index (χ1v) is 4.60. The maximum absolute atomic E-state index is 11.7. The minimum Gasteiger partial charge on any atom is -0.360 e. The van der Waals surface area contributed by atoms with E-state index in [1.807, 2.05) is 0 Å². The molecule has 0 bridgehead atoms. The molecule has 0 saturated heterocycles. The molecule has 76 valence electrons. The maximum atomic E-state index is 11.7. The summed E-state index contributed by atoms with van der Waals surface area (Å²) in [6, 6.07) is 0. The summed E-state index contributed by atoms with van der Waals surface area (Å²) in [5.74, 6) is 0.743. The van der Waals surface area contributed by atoms with E-state index in [1.54, 1.807) is 14.1 Å². The Morgan fingerprint density at radius 2 is 2.36 bits per heavy atom. The molecular formula is C9H13N3O2. The monoisotopic (exact) mass is 195 g/mol. The fourth-order valence-electron chi connectivity index (χ4n) is 1.52. The lowest BCUT2D eigenvalue weighted by Crippen LogP contribution is -2.27. The Labute approximate surface area is 82.1 Å². The highest BCUT2D eigenvalue weighted by atomic mass is 16.5. The van der Waals surface area contributed by atoms with Crippen molar-refractivity contribution in [3.8, 4) is 0 Å². The number of carbonyl (C=O) groups is 1. The number of nitrogens with one attached hydrogen (secondary N) is 1. The van der Waals surface area contributed by atoms with Crippen molar-refractivity contribution in [1.82, 2.24) is 15.4 Å². The number of amides is 1. The Balaban J connectivity index is 2.35. The second-order valence-corrected chi connectivity index (χ2v) is 3.56. The van der Waals surface area contributed by atoms with Crippen LogP contribution in [0.1, 0.15) is 21.8 Å². The van der Waals surface area contributed by atoms with Crippen molar-refractivity contribution in [2.24, 2.45) is 0 Å². The highest BCUT2D eigenvalue weighted by molar-refractivity contribution is 5.93. The Bertz CT molecular complexity index is 357. The summed E-state index contributed by atoms with van der Waals surface area (Å²) < 4.78 is 5.12. The van der Waals surface area contributed by atoms with Crippen LogP contribution in [0.2, 0.25) is 0 Å². The summed E-state index contributed by atoms with van der Waals surface area (Å²) >= 11 is 0. The molecule has 1 aliphatic heterocycles. The second kappa shape index (κ2) is 3.42. The van der Waals surface area contributed by atoms with E-state index in [0.717, 1.165) is 24.3 Å². The van der Waals surface area contributed by atoms with Gasteiger partial charge in [0.1, 0.15) is 5.76 Å². The number of hydrogen-bond donors (Lipinski definition) is 1. The molecule has 5 heteroatoms. The molecule has 0 atom stereocenters. The molecule has 1 aromatic heterocycles. The molecule has 0 saturated carbocycles. The molecule has 0 spiro atoms. The first-order chi connectivity index (χ1) is 6.70. The molecule has 2 rings (SSSR count). The SMILES string of the molecule is CN(C)C(=O)c1noc2c1CNCC2. The van der Waals surface area contributed by atoms with E-state index >= 15 is 0 Å². The van der Waals surface area contributed by atoms with Gasteiger partial charge in [-0.05, 0) is 0 Å². The third-order valence-corrected chi connectivity index (χ3v) is 2.31. The normalized spacial score (nSPS) is 15.0. The largest absolute Gasteiger partial charge is 0.360 e. The predicted molar refractivity (Wildman–Crippen MR) is 49.9 cm³/mol. The Morgan fingerprint density at radius 3 is 3.07 bits per heavy atom. The lowest BCUT2D eigenvalue weighted by atomic mass is 10.1. The van der Waals surface area contributed by atoms with Crippen LogP contribution in [0.15, 0.2) is 4.52 Å². The van der Waals surface area contributed by atoms with Crippen LogP contribution in [0.4, 0.5) is 0 Å². The van der Waals surface area contributed by atoms with Gasteiger partial charge in [-0.2, -0.15) is 0 Å². The number of rotatable bonds is 1. The molecule has 0 aromatic carbocycles. The van der Waals surface area contributed by atoms with E-state index in [2.05, 4.69) is 10.5 Å². The summed E-state index contributed by atoms with van der Waals surface area (Å²) in [4.78, 5) is 13.2. The van der Waals surface area contributed by atoms with Crippen LogP contribution >= 0.6 is 0 Å². The zero-order valence-electron chi connectivity index (χ0n) is 8.33. The molecular weight excluding hydrogens is 182 g/mol. The molecule has 1 aliphatic rings. The van der Waals surface area contributed by atoms with Crippen LogP contribution < -0.4 is 5.32 Å². The van der Waals surface area contributed by atoms with Gasteiger partial charge in [-0.1, -0.05) is 5.16 Å². The fourth-order valence-corrected chi connectivity index (χ4v) is 1.52. The number of aromatic nitrogens is 1. The van der Waals surface area contributed by atoms with Crippen molar-refractivity contribution in [3.05, 3.63) is 17.0 Å². The minimum atomic E-state index is -0.0984. The molecule has 0 radical (unpaired) electrons. The predicted octanol–water partition coefficient (Wildman–Crippen LogP) is 0.0221. The molecule has 0 aliphatic carbocycles. The molecule has 14 heavy (non-hydrogen) atoms. The quantitative estimate of drug-likeness (QED) is 0.686. The van der Waals surface area contributed by atoms with Crippen molar-refractivity contribution in [2.75, 3.05) is 20.6 Å². The molecule has 1 aromatic rings. The molecule has 0 fully saturated rings. The van der Waals surface area contributed by atoms with E-state index in [0.29, 0.717) is 12.2 Å². The van der Waals surface area contributed by atoms with Crippen LogP contribution in [0.25, 0.3) is 0 Å². The smallest absolute Gasteiger partial charge is 0.275 e. The number of fused-ring (bicyclic) bond motifs is 1. The standard InChI is InChI=1S/C9H13N3O2/c1-12(2)9(13)8-6-5-10-4-3-7(6)14-11-8/h10H,3-5H2,1-2H3. The van der Waals surface area contributed by atoms with Gasteiger partial charge in [0.25, 0.3) is 5.91 Å². The van der Waals surface area contributed by atoms with Gasteiger partial charge in [-0.25, -0.2) is 0 Å². The van der Waals surface area contributed by atoms with Gasteiger partial charge in [0.15, 0.2) is 5.69 Å². The van der Waals surface area contributed by atoms with E-state index < -0.39 is 0 Å². The average Bonchev–Trinajstić information content (AvgIpc) is 2.60. The zero-order chi connectivity index (χ0) is 10.1. The van der Waals surface area contributed by atoms with Gasteiger partial charge in [-0.15, -0.1) is 0 Å². The summed E-state index contributed by atoms with van der Waals surface area (Å²) in [6.07, 6.45) is 0.809. The molecule has 5 nitrogen and oxygen atoms in total. The van der Waals surface area contributed by atoms with Crippen molar-refractivity contribution in [1.29, 1.82) is 0 Å². The lowest BCUT2D eigenvalue weighted by molar-refractivity contribution is 0.0816. The van der Waals surface area contributed by atoms with Gasteiger partial charge in [0, 0.05) is 39.2 Å². The van der Waals surface area contributed by atoms with E-state index in [9.17, 15) is 4.79 Å². The summed E-state index contributed by atoms with van der Waals surface area (Å²) in [6.45, 7) is 1.56. The molecule has 1 amide bonds. The second-order valence-electron chi connectivity index (χ2n) is 3.56. The molecule has 1 N–H and O–H groups in total. The third kappa shape index (κ3) is 1.39. The van der Waals surface area contributed by atoms with Gasteiger partial charge >= 0.3 is 0 Å². The van der Waals surface area contributed by atoms with E-state index in [1.165, 1.54) is 4.90 Å². The number of nitrogens with zero attached hydrogens (tertiary/aromatic N) is 2. The highest BCUT2D eigenvalue weighted by Gasteiger charge is 2.24. The van der Waals surface area contributed by atoms with Crippen LogP contribution in [0.3, 0.4) is 0 Å². The highest BCUT2D eigenvalue weighted by Crippen LogP contribution is 2.18. The van der Waals surface area contributed by atoms with Gasteiger partial charge in [-0.3, -0.25) is 4.79 Å². The van der Waals surface area contributed by atoms with Crippen molar-refractivity contribution >= 4 is 5.91 Å². The minimum absolute atomic E-state index is 0.0984. The Hall–Kier alpha value is -1.36. The maximum Gasteiger partial charge on any atom is 0.275 e. The van der Waals surface area contributed by atoms with Crippen LogP contribution in [0.5, 0.6) is 0 Å². The van der Waals surface area contributed by atoms with Crippen LogP contribution in [-0.2, 0) is 13.0 Å². The zero-order valence-corrected chi connectivity index (χ0v) is 8.33. The van der Waals surface area contributed by atoms with Crippen LogP contribution in [0, 0.1) is 0 Å². The average molecular weight is 195 g/mol. The molecule has 0 unspecified atom stereocenters.